The summed E-state index contributed by atoms with van der Waals surface area (Å²) in [5.41, 5.74) is 0.509. The molecule has 2 atom stereocenters. The fourth-order valence-corrected chi connectivity index (χ4v) is 2.63. The van der Waals surface area contributed by atoms with Crippen molar-refractivity contribution in [2.45, 2.75) is 6.04 Å². The van der Waals surface area contributed by atoms with E-state index < -0.39 is 0 Å². The van der Waals surface area contributed by atoms with Gasteiger partial charge in [-0.25, -0.2) is 0 Å². The van der Waals surface area contributed by atoms with Crippen molar-refractivity contribution in [3.8, 4) is 0 Å². The summed E-state index contributed by atoms with van der Waals surface area (Å²) in [6.07, 6.45) is 3.07. The SMILES string of the molecule is Cl.Cl.O=C(NC1C2CNCC21)c1ccncc1Cl. The molecule has 100 valence electrons. The van der Waals surface area contributed by atoms with Crippen LogP contribution in [0.3, 0.4) is 0 Å². The van der Waals surface area contributed by atoms with Crippen LogP contribution in [0.1, 0.15) is 10.4 Å². The summed E-state index contributed by atoms with van der Waals surface area (Å²) in [6, 6.07) is 1.98. The topological polar surface area (TPSA) is 54.0 Å². The molecule has 1 amide bonds. The highest BCUT2D eigenvalue weighted by Crippen LogP contribution is 2.41. The van der Waals surface area contributed by atoms with E-state index in [9.17, 15) is 4.79 Å². The first-order chi connectivity index (χ1) is 7.77. The lowest BCUT2D eigenvalue weighted by atomic mass is 10.2. The molecule has 1 aliphatic heterocycles. The van der Waals surface area contributed by atoms with E-state index in [1.807, 2.05) is 0 Å². The molecule has 0 aromatic carbocycles. The number of aromatic nitrogens is 1. The summed E-state index contributed by atoms with van der Waals surface area (Å²) in [5, 5.41) is 6.72. The number of nitrogens with one attached hydrogen (secondary N) is 2. The lowest BCUT2D eigenvalue weighted by Crippen LogP contribution is -2.32. The van der Waals surface area contributed by atoms with Crippen LogP contribution in [0.4, 0.5) is 0 Å². The van der Waals surface area contributed by atoms with Gasteiger partial charge in [-0.1, -0.05) is 11.6 Å². The third-order valence-corrected chi connectivity index (χ3v) is 3.71. The van der Waals surface area contributed by atoms with Crippen LogP contribution in [0.5, 0.6) is 0 Å². The van der Waals surface area contributed by atoms with E-state index in [1.165, 1.54) is 6.20 Å². The number of amides is 1. The van der Waals surface area contributed by atoms with Crippen LogP contribution >= 0.6 is 36.4 Å². The van der Waals surface area contributed by atoms with Crippen LogP contribution in [0.15, 0.2) is 18.5 Å². The lowest BCUT2D eigenvalue weighted by molar-refractivity contribution is 0.0946. The Labute approximate surface area is 123 Å². The van der Waals surface area contributed by atoms with E-state index in [0.717, 1.165) is 13.1 Å². The molecule has 1 aliphatic carbocycles. The predicted molar refractivity (Wildman–Crippen MR) is 74.8 cm³/mol. The van der Waals surface area contributed by atoms with Crippen LogP contribution in [-0.4, -0.2) is 30.0 Å². The Morgan fingerprint density at radius 2 is 2.06 bits per heavy atom. The van der Waals surface area contributed by atoms with Crippen molar-refractivity contribution < 1.29 is 4.79 Å². The number of hydrogen-bond donors (Lipinski definition) is 2. The number of nitrogens with zero attached hydrogens (tertiary/aromatic N) is 1. The number of pyridine rings is 1. The van der Waals surface area contributed by atoms with Crippen molar-refractivity contribution in [1.82, 2.24) is 15.6 Å². The molecule has 0 spiro atoms. The summed E-state index contributed by atoms with van der Waals surface area (Å²) in [4.78, 5) is 15.8. The van der Waals surface area contributed by atoms with Gasteiger partial charge in [0.25, 0.3) is 5.91 Å². The molecule has 18 heavy (non-hydrogen) atoms. The van der Waals surface area contributed by atoms with E-state index in [2.05, 4.69) is 15.6 Å². The number of halogens is 3. The van der Waals surface area contributed by atoms with Gasteiger partial charge in [0.05, 0.1) is 10.6 Å². The van der Waals surface area contributed by atoms with Gasteiger partial charge in [-0.15, -0.1) is 24.8 Å². The highest BCUT2D eigenvalue weighted by Gasteiger charge is 2.53. The average molecular weight is 311 g/mol. The second kappa shape index (κ2) is 6.06. The first-order valence-corrected chi connectivity index (χ1v) is 5.76. The van der Waals surface area contributed by atoms with E-state index in [4.69, 9.17) is 11.6 Å². The quantitative estimate of drug-likeness (QED) is 0.871. The van der Waals surface area contributed by atoms with Gasteiger partial charge >= 0.3 is 0 Å². The third kappa shape index (κ3) is 2.72. The number of piperidine rings is 1. The van der Waals surface area contributed by atoms with Crippen LogP contribution in [0, 0.1) is 11.8 Å². The Balaban J connectivity index is 0.000000810. The second-order valence-corrected chi connectivity index (χ2v) is 4.75. The minimum absolute atomic E-state index is 0. The average Bonchev–Trinajstić information content (AvgIpc) is 2.75. The zero-order chi connectivity index (χ0) is 11.1. The fraction of sp³-hybridized carbons (Fsp3) is 0.455. The molecule has 4 nitrogen and oxygen atoms in total. The monoisotopic (exact) mass is 309 g/mol. The molecular formula is C11H14Cl3N3O. The van der Waals surface area contributed by atoms with Gasteiger partial charge in [-0.2, -0.15) is 0 Å². The standard InChI is InChI=1S/C11H12ClN3O.2ClH/c12-9-5-13-2-1-6(9)11(16)15-10-7-3-14-4-8(7)10;;/h1-2,5,7-8,10,14H,3-4H2,(H,15,16);2*1H. The summed E-state index contributed by atoms with van der Waals surface area (Å²) in [6.45, 7) is 2.03. The first-order valence-electron chi connectivity index (χ1n) is 5.38. The van der Waals surface area contributed by atoms with Crippen LogP contribution in [0.25, 0.3) is 0 Å². The van der Waals surface area contributed by atoms with Gasteiger partial charge in [-0.3, -0.25) is 9.78 Å². The smallest absolute Gasteiger partial charge is 0.253 e. The van der Waals surface area contributed by atoms with Crippen molar-refractivity contribution >= 4 is 42.3 Å². The number of rotatable bonds is 2. The predicted octanol–water partition coefficient (Wildman–Crippen LogP) is 1.53. The van der Waals surface area contributed by atoms with E-state index >= 15 is 0 Å². The number of fused-ring (bicyclic) bond motifs is 1. The highest BCUT2D eigenvalue weighted by molar-refractivity contribution is 6.33. The molecule has 0 radical (unpaired) electrons. The normalized spacial score (nSPS) is 27.5. The zero-order valence-corrected chi connectivity index (χ0v) is 11.8. The van der Waals surface area contributed by atoms with Crippen molar-refractivity contribution in [1.29, 1.82) is 0 Å². The van der Waals surface area contributed by atoms with Crippen molar-refractivity contribution in [2.24, 2.45) is 11.8 Å². The second-order valence-electron chi connectivity index (χ2n) is 4.34. The molecule has 1 aromatic heterocycles. The zero-order valence-electron chi connectivity index (χ0n) is 9.43. The van der Waals surface area contributed by atoms with Crippen molar-refractivity contribution in [3.05, 3.63) is 29.0 Å². The molecule has 3 rings (SSSR count). The molecule has 1 aromatic rings. The Bertz CT molecular complexity index is 433. The van der Waals surface area contributed by atoms with E-state index in [-0.39, 0.29) is 30.7 Å². The van der Waals surface area contributed by atoms with Gasteiger partial charge in [0, 0.05) is 31.5 Å². The van der Waals surface area contributed by atoms with Gasteiger partial charge in [0.15, 0.2) is 0 Å². The van der Waals surface area contributed by atoms with Crippen LogP contribution < -0.4 is 10.6 Å². The van der Waals surface area contributed by atoms with Gasteiger partial charge in [-0.05, 0) is 17.9 Å². The number of carbonyl (C=O) groups excluding carboxylic acids is 1. The highest BCUT2D eigenvalue weighted by atomic mass is 35.5. The van der Waals surface area contributed by atoms with Crippen LogP contribution in [-0.2, 0) is 0 Å². The third-order valence-electron chi connectivity index (χ3n) is 3.41. The number of hydrogen-bond acceptors (Lipinski definition) is 3. The Morgan fingerprint density at radius 1 is 1.39 bits per heavy atom. The molecule has 2 fully saturated rings. The molecule has 7 heteroatoms. The maximum atomic E-state index is 11.9. The largest absolute Gasteiger partial charge is 0.349 e. The molecular weight excluding hydrogens is 296 g/mol. The Kier molecular flexibility index (Phi) is 5.22. The van der Waals surface area contributed by atoms with E-state index in [0.29, 0.717) is 28.5 Å². The molecule has 2 unspecified atom stereocenters. The van der Waals surface area contributed by atoms with Gasteiger partial charge in [0.2, 0.25) is 0 Å². The molecule has 2 aliphatic rings. The Morgan fingerprint density at radius 3 is 2.67 bits per heavy atom. The van der Waals surface area contributed by atoms with Gasteiger partial charge in [0.1, 0.15) is 0 Å². The summed E-state index contributed by atoms with van der Waals surface area (Å²) < 4.78 is 0. The maximum Gasteiger partial charge on any atom is 0.253 e. The molecule has 1 saturated heterocycles. The maximum absolute atomic E-state index is 11.9. The summed E-state index contributed by atoms with van der Waals surface area (Å²) >= 11 is 5.91. The summed E-state index contributed by atoms with van der Waals surface area (Å²) in [5.74, 6) is 1.14. The molecule has 2 heterocycles. The van der Waals surface area contributed by atoms with Gasteiger partial charge < -0.3 is 10.6 Å². The molecule has 1 saturated carbocycles. The van der Waals surface area contributed by atoms with Crippen molar-refractivity contribution in [3.63, 3.8) is 0 Å². The molecule has 0 bridgehead atoms. The molecule has 2 N–H and O–H groups in total. The van der Waals surface area contributed by atoms with Crippen LogP contribution in [0.2, 0.25) is 5.02 Å². The van der Waals surface area contributed by atoms with E-state index in [1.54, 1.807) is 12.3 Å². The minimum atomic E-state index is -0.0909. The lowest BCUT2D eigenvalue weighted by Gasteiger charge is -2.08. The number of carbonyl (C=O) groups is 1. The summed E-state index contributed by atoms with van der Waals surface area (Å²) in [7, 11) is 0. The fourth-order valence-electron chi connectivity index (χ4n) is 2.42. The Hall–Kier alpha value is -0.550. The minimum Gasteiger partial charge on any atom is -0.349 e. The first kappa shape index (κ1) is 15.5. The van der Waals surface area contributed by atoms with Crippen molar-refractivity contribution in [2.75, 3.05) is 13.1 Å².